The van der Waals surface area contributed by atoms with Gasteiger partial charge in [-0.05, 0) is 12.1 Å². The summed E-state index contributed by atoms with van der Waals surface area (Å²) in [4.78, 5) is 15.8. The van der Waals surface area contributed by atoms with Crippen molar-refractivity contribution in [3.05, 3.63) is 36.3 Å². The quantitative estimate of drug-likeness (QED) is 0.855. The lowest BCUT2D eigenvalue weighted by atomic mass is 10.2. The first-order valence-electron chi connectivity index (χ1n) is 7.37. The van der Waals surface area contributed by atoms with E-state index in [1.807, 2.05) is 9.80 Å². The van der Waals surface area contributed by atoms with Gasteiger partial charge in [0, 0.05) is 50.3 Å². The zero-order chi connectivity index (χ0) is 17.2. The van der Waals surface area contributed by atoms with E-state index in [1.165, 1.54) is 13.3 Å². The Bertz CT molecular complexity index is 702. The molecule has 0 aromatic carbocycles. The zero-order valence-corrected chi connectivity index (χ0v) is 13.0. The highest BCUT2D eigenvalue weighted by molar-refractivity contribution is 5.49. The number of aromatic nitrogens is 3. The van der Waals surface area contributed by atoms with E-state index in [0.29, 0.717) is 43.7 Å². The summed E-state index contributed by atoms with van der Waals surface area (Å²) < 4.78 is 43.4. The molecule has 0 N–H and O–H groups in total. The Morgan fingerprint density at radius 2 is 1.67 bits per heavy atom. The maximum atomic E-state index is 12.8. The number of halogens is 3. The maximum absolute atomic E-state index is 12.8. The van der Waals surface area contributed by atoms with E-state index in [2.05, 4.69) is 15.0 Å². The summed E-state index contributed by atoms with van der Waals surface area (Å²) in [5.41, 5.74) is -0.359. The van der Waals surface area contributed by atoms with Gasteiger partial charge in [-0.3, -0.25) is 4.98 Å². The maximum Gasteiger partial charge on any atom is 0.433 e. The number of methoxy groups -OCH3 is 1. The molecule has 3 rings (SSSR count). The number of pyridine rings is 1. The average Bonchev–Trinajstić information content (AvgIpc) is 2.61. The molecular weight excluding hydrogens is 323 g/mol. The van der Waals surface area contributed by atoms with Crippen molar-refractivity contribution in [2.75, 3.05) is 43.1 Å². The van der Waals surface area contributed by atoms with E-state index in [0.717, 1.165) is 6.07 Å². The Hall–Kier alpha value is -2.58. The van der Waals surface area contributed by atoms with Gasteiger partial charge in [-0.1, -0.05) is 0 Å². The van der Waals surface area contributed by atoms with Gasteiger partial charge < -0.3 is 14.5 Å². The summed E-state index contributed by atoms with van der Waals surface area (Å²) >= 11 is 0. The number of hydrogen-bond acceptors (Lipinski definition) is 6. The molecule has 0 aliphatic carbocycles. The fraction of sp³-hybridized carbons (Fsp3) is 0.400. The van der Waals surface area contributed by atoms with Crippen molar-refractivity contribution in [3.63, 3.8) is 0 Å². The van der Waals surface area contributed by atoms with Crippen molar-refractivity contribution in [1.29, 1.82) is 0 Å². The Labute approximate surface area is 136 Å². The highest BCUT2D eigenvalue weighted by Gasteiger charge is 2.33. The minimum Gasteiger partial charge on any atom is -0.481 e. The molecule has 1 aliphatic heterocycles. The van der Waals surface area contributed by atoms with E-state index in [9.17, 15) is 13.2 Å². The number of anilines is 2. The molecule has 128 valence electrons. The fourth-order valence-corrected chi connectivity index (χ4v) is 2.53. The van der Waals surface area contributed by atoms with Crippen LogP contribution >= 0.6 is 0 Å². The van der Waals surface area contributed by atoms with E-state index in [1.54, 1.807) is 18.3 Å². The van der Waals surface area contributed by atoms with Gasteiger partial charge in [0.25, 0.3) is 0 Å². The number of nitrogens with zero attached hydrogens (tertiary/aromatic N) is 5. The monoisotopic (exact) mass is 339 g/mol. The second kappa shape index (κ2) is 6.50. The molecule has 0 unspecified atom stereocenters. The first kappa shape index (κ1) is 16.3. The molecule has 3 heterocycles. The molecule has 2 aromatic rings. The molecule has 0 spiro atoms. The van der Waals surface area contributed by atoms with Crippen LogP contribution in [0.15, 0.2) is 30.6 Å². The normalized spacial score (nSPS) is 15.5. The van der Waals surface area contributed by atoms with Gasteiger partial charge in [0.2, 0.25) is 11.8 Å². The molecule has 0 radical (unpaired) electrons. The van der Waals surface area contributed by atoms with Crippen molar-refractivity contribution >= 4 is 11.6 Å². The predicted octanol–water partition coefficient (Wildman–Crippen LogP) is 2.23. The number of rotatable bonds is 3. The molecule has 6 nitrogen and oxygen atoms in total. The van der Waals surface area contributed by atoms with E-state index < -0.39 is 11.9 Å². The first-order chi connectivity index (χ1) is 11.5. The summed E-state index contributed by atoms with van der Waals surface area (Å²) in [6.07, 6.45) is -1.63. The van der Waals surface area contributed by atoms with Gasteiger partial charge >= 0.3 is 6.18 Å². The number of alkyl halides is 3. The lowest BCUT2D eigenvalue weighted by molar-refractivity contribution is -0.141. The first-order valence-corrected chi connectivity index (χ1v) is 7.37. The van der Waals surface area contributed by atoms with Crippen molar-refractivity contribution in [2.45, 2.75) is 6.18 Å². The summed E-state index contributed by atoms with van der Waals surface area (Å²) in [6, 6.07) is 4.33. The third-order valence-corrected chi connectivity index (χ3v) is 3.79. The molecule has 9 heteroatoms. The highest BCUT2D eigenvalue weighted by Crippen LogP contribution is 2.30. The van der Waals surface area contributed by atoms with Crippen molar-refractivity contribution in [3.8, 4) is 5.88 Å². The Morgan fingerprint density at radius 1 is 1.00 bits per heavy atom. The summed E-state index contributed by atoms with van der Waals surface area (Å²) in [7, 11) is 1.53. The minimum atomic E-state index is -4.44. The minimum absolute atomic E-state index is 0.478. The van der Waals surface area contributed by atoms with Crippen LogP contribution in [0.1, 0.15) is 5.69 Å². The van der Waals surface area contributed by atoms with Gasteiger partial charge in [-0.25, -0.2) is 4.98 Å². The van der Waals surface area contributed by atoms with Crippen LogP contribution in [0.2, 0.25) is 0 Å². The van der Waals surface area contributed by atoms with Gasteiger partial charge in [0.05, 0.1) is 7.11 Å². The molecule has 0 bridgehead atoms. The van der Waals surface area contributed by atoms with Crippen LogP contribution < -0.4 is 14.5 Å². The second-order valence-electron chi connectivity index (χ2n) is 5.27. The smallest absolute Gasteiger partial charge is 0.433 e. The van der Waals surface area contributed by atoms with Gasteiger partial charge in [-0.2, -0.15) is 18.2 Å². The topological polar surface area (TPSA) is 54.4 Å². The van der Waals surface area contributed by atoms with Crippen LogP contribution in [-0.2, 0) is 6.18 Å². The average molecular weight is 339 g/mol. The Kier molecular flexibility index (Phi) is 4.41. The van der Waals surface area contributed by atoms with Gasteiger partial charge in [0.15, 0.2) is 0 Å². The van der Waals surface area contributed by atoms with Crippen molar-refractivity contribution in [1.82, 2.24) is 15.0 Å². The molecule has 0 atom stereocenters. The molecule has 1 saturated heterocycles. The van der Waals surface area contributed by atoms with Crippen LogP contribution in [0.25, 0.3) is 0 Å². The molecule has 2 aromatic heterocycles. The SMILES string of the molecule is COc1ccnc(N2CCN(c3ccnc(C(F)(F)F)c3)CC2)n1. The van der Waals surface area contributed by atoms with Crippen LogP contribution in [0.4, 0.5) is 24.8 Å². The number of piperazine rings is 1. The molecule has 1 aliphatic rings. The van der Waals surface area contributed by atoms with Gasteiger partial charge in [0.1, 0.15) is 5.69 Å². The lowest BCUT2D eigenvalue weighted by Crippen LogP contribution is -2.47. The third kappa shape index (κ3) is 3.50. The summed E-state index contributed by atoms with van der Waals surface area (Å²) in [5.74, 6) is 1.03. The van der Waals surface area contributed by atoms with E-state index in [4.69, 9.17) is 4.74 Å². The summed E-state index contributed by atoms with van der Waals surface area (Å²) in [5, 5.41) is 0. The molecular formula is C15H16F3N5O. The van der Waals surface area contributed by atoms with Crippen LogP contribution in [0.5, 0.6) is 5.88 Å². The number of ether oxygens (including phenoxy) is 1. The highest BCUT2D eigenvalue weighted by atomic mass is 19.4. The van der Waals surface area contributed by atoms with Crippen LogP contribution in [0, 0.1) is 0 Å². The Balaban J connectivity index is 1.69. The second-order valence-corrected chi connectivity index (χ2v) is 5.27. The Morgan fingerprint density at radius 3 is 2.33 bits per heavy atom. The molecule has 0 saturated carbocycles. The lowest BCUT2D eigenvalue weighted by Gasteiger charge is -2.36. The van der Waals surface area contributed by atoms with E-state index in [-0.39, 0.29) is 0 Å². The molecule has 24 heavy (non-hydrogen) atoms. The van der Waals surface area contributed by atoms with Crippen LogP contribution in [-0.4, -0.2) is 48.2 Å². The van der Waals surface area contributed by atoms with E-state index >= 15 is 0 Å². The largest absolute Gasteiger partial charge is 0.481 e. The zero-order valence-electron chi connectivity index (χ0n) is 13.0. The summed E-state index contributed by atoms with van der Waals surface area (Å²) in [6.45, 7) is 2.36. The molecule has 0 amide bonds. The van der Waals surface area contributed by atoms with Crippen molar-refractivity contribution < 1.29 is 17.9 Å². The van der Waals surface area contributed by atoms with Gasteiger partial charge in [-0.15, -0.1) is 0 Å². The predicted molar refractivity (Wildman–Crippen MR) is 82.2 cm³/mol. The van der Waals surface area contributed by atoms with Crippen molar-refractivity contribution in [2.24, 2.45) is 0 Å². The third-order valence-electron chi connectivity index (χ3n) is 3.79. The molecule has 1 fully saturated rings. The number of hydrogen-bond donors (Lipinski definition) is 0. The standard InChI is InChI=1S/C15H16F3N5O/c1-24-13-3-5-20-14(21-13)23-8-6-22(7-9-23)11-2-4-19-12(10-11)15(16,17)18/h2-5,10H,6-9H2,1H3. The van der Waals surface area contributed by atoms with Crippen LogP contribution in [0.3, 0.4) is 0 Å². The fourth-order valence-electron chi connectivity index (χ4n) is 2.53.